The van der Waals surface area contributed by atoms with Crippen LogP contribution in [-0.4, -0.2) is 26.1 Å². The first kappa shape index (κ1) is 10.5. The molecule has 1 aromatic heterocycles. The zero-order valence-corrected chi connectivity index (χ0v) is 9.70. The molecule has 0 spiro atoms. The minimum absolute atomic E-state index is 0.509. The third-order valence-corrected chi connectivity index (χ3v) is 2.52. The average molecular weight is 215 g/mol. The zero-order valence-electron chi connectivity index (χ0n) is 9.70. The van der Waals surface area contributed by atoms with Crippen LogP contribution in [0.3, 0.4) is 0 Å². The highest BCUT2D eigenvalue weighted by atomic mass is 15.1. The molecule has 1 radical (unpaired) electrons. The Morgan fingerprint density at radius 3 is 2.62 bits per heavy atom. The Bertz CT molecular complexity index is 520. The normalized spacial score (nSPS) is 10.4. The Hall–Kier alpha value is -1.97. The second-order valence-corrected chi connectivity index (χ2v) is 3.90. The Morgan fingerprint density at radius 1 is 1.25 bits per heavy atom. The Morgan fingerprint density at radius 2 is 2.00 bits per heavy atom. The van der Waals surface area contributed by atoms with E-state index in [1.54, 1.807) is 6.07 Å². The molecule has 0 saturated carbocycles. The smallest absolute Gasteiger partial charge is 0.128 e. The minimum atomic E-state index is 0.509. The van der Waals surface area contributed by atoms with Crippen LogP contribution >= 0.6 is 0 Å². The third-order valence-electron chi connectivity index (χ3n) is 2.52. The maximum absolute atomic E-state index is 7.65. The molecule has 1 heterocycles. The van der Waals surface area contributed by atoms with Crippen LogP contribution in [0.25, 0.3) is 10.9 Å². The summed E-state index contributed by atoms with van der Waals surface area (Å²) in [4.78, 5) is 6.49. The van der Waals surface area contributed by atoms with E-state index in [0.29, 0.717) is 5.69 Å². The van der Waals surface area contributed by atoms with E-state index in [4.69, 9.17) is 5.73 Å². The molecule has 0 atom stereocenters. The van der Waals surface area contributed by atoms with E-state index in [0.717, 1.165) is 22.4 Å². The molecule has 0 aliphatic rings. The molecule has 0 fully saturated rings. The standard InChI is InChI=1S/C12H15N4/c1-14-12-7-11(16(2)3)9-6-8(13)4-5-10(9)15-12/h4-7,13H,1-3H3,(H,14,15). The summed E-state index contributed by atoms with van der Waals surface area (Å²) in [6, 6.07) is 7.47. The van der Waals surface area contributed by atoms with Gasteiger partial charge in [-0.1, -0.05) is 0 Å². The first-order valence-electron chi connectivity index (χ1n) is 5.13. The number of rotatable bonds is 2. The van der Waals surface area contributed by atoms with Gasteiger partial charge >= 0.3 is 0 Å². The molecule has 2 aromatic rings. The summed E-state index contributed by atoms with van der Waals surface area (Å²) in [5.41, 5.74) is 10.1. The van der Waals surface area contributed by atoms with Crippen molar-refractivity contribution >= 4 is 28.1 Å². The molecule has 4 nitrogen and oxygen atoms in total. The van der Waals surface area contributed by atoms with Gasteiger partial charge in [0.1, 0.15) is 5.82 Å². The fourth-order valence-electron chi connectivity index (χ4n) is 1.71. The van der Waals surface area contributed by atoms with Gasteiger partial charge < -0.3 is 16.0 Å². The largest absolute Gasteiger partial charge is 0.377 e. The lowest BCUT2D eigenvalue weighted by Gasteiger charge is -2.16. The molecule has 0 unspecified atom stereocenters. The molecule has 2 rings (SSSR count). The number of benzene rings is 1. The monoisotopic (exact) mass is 215 g/mol. The number of pyridine rings is 1. The van der Waals surface area contributed by atoms with Gasteiger partial charge in [0.2, 0.25) is 0 Å². The number of aromatic nitrogens is 1. The molecule has 83 valence electrons. The van der Waals surface area contributed by atoms with Crippen molar-refractivity contribution < 1.29 is 0 Å². The molecule has 16 heavy (non-hydrogen) atoms. The maximum atomic E-state index is 7.65. The number of anilines is 2. The van der Waals surface area contributed by atoms with Crippen molar-refractivity contribution in [1.82, 2.24) is 10.7 Å². The fraction of sp³-hybridized carbons (Fsp3) is 0.250. The van der Waals surface area contributed by atoms with Crippen LogP contribution in [0.5, 0.6) is 0 Å². The Kier molecular flexibility index (Phi) is 2.56. The van der Waals surface area contributed by atoms with E-state index in [1.165, 1.54) is 0 Å². The van der Waals surface area contributed by atoms with Crippen molar-refractivity contribution in [3.05, 3.63) is 24.3 Å². The summed E-state index contributed by atoms with van der Waals surface area (Å²) in [7, 11) is 5.84. The predicted octanol–water partition coefficient (Wildman–Crippen LogP) is 2.26. The van der Waals surface area contributed by atoms with Gasteiger partial charge in [-0.15, -0.1) is 0 Å². The Balaban J connectivity index is 2.77. The van der Waals surface area contributed by atoms with Crippen molar-refractivity contribution in [1.29, 1.82) is 0 Å². The van der Waals surface area contributed by atoms with Crippen molar-refractivity contribution in [3.8, 4) is 0 Å². The number of nitrogens with zero attached hydrogens (tertiary/aromatic N) is 2. The van der Waals surface area contributed by atoms with Gasteiger partial charge in [-0.3, -0.25) is 0 Å². The van der Waals surface area contributed by atoms with Gasteiger partial charge in [-0.2, -0.15) is 0 Å². The van der Waals surface area contributed by atoms with Crippen molar-refractivity contribution in [2.45, 2.75) is 0 Å². The van der Waals surface area contributed by atoms with E-state index in [9.17, 15) is 0 Å². The fourth-order valence-corrected chi connectivity index (χ4v) is 1.71. The number of hydrogen-bond acceptors (Lipinski definition) is 3. The van der Waals surface area contributed by atoms with Crippen LogP contribution in [-0.2, 0) is 0 Å². The quantitative estimate of drug-likeness (QED) is 0.836. The lowest BCUT2D eigenvalue weighted by atomic mass is 10.1. The molecule has 1 aromatic carbocycles. The summed E-state index contributed by atoms with van der Waals surface area (Å²) in [6.45, 7) is 0. The van der Waals surface area contributed by atoms with Crippen LogP contribution < -0.4 is 16.0 Å². The van der Waals surface area contributed by atoms with Crippen LogP contribution in [0.4, 0.5) is 17.2 Å². The zero-order chi connectivity index (χ0) is 11.7. The van der Waals surface area contributed by atoms with Crippen LogP contribution in [0, 0.1) is 0 Å². The van der Waals surface area contributed by atoms with E-state index in [1.807, 2.05) is 44.2 Å². The Labute approximate surface area is 95.1 Å². The molecule has 2 N–H and O–H groups in total. The van der Waals surface area contributed by atoms with Gasteiger partial charge in [-0.05, 0) is 18.2 Å². The lowest BCUT2D eigenvalue weighted by Crippen LogP contribution is -2.10. The molecular formula is C12H15N4. The predicted molar refractivity (Wildman–Crippen MR) is 68.4 cm³/mol. The first-order chi connectivity index (χ1) is 7.61. The average Bonchev–Trinajstić information content (AvgIpc) is 2.27. The topological polar surface area (TPSA) is 52.0 Å². The summed E-state index contributed by atoms with van der Waals surface area (Å²) in [5, 5.41) is 4.05. The van der Waals surface area contributed by atoms with Crippen LogP contribution in [0.2, 0.25) is 0 Å². The van der Waals surface area contributed by atoms with Gasteiger partial charge in [0.15, 0.2) is 0 Å². The number of fused-ring (bicyclic) bond motifs is 1. The lowest BCUT2D eigenvalue weighted by molar-refractivity contribution is 1.14. The first-order valence-corrected chi connectivity index (χ1v) is 5.13. The summed E-state index contributed by atoms with van der Waals surface area (Å²) >= 11 is 0. The minimum Gasteiger partial charge on any atom is -0.377 e. The highest BCUT2D eigenvalue weighted by molar-refractivity contribution is 5.95. The maximum Gasteiger partial charge on any atom is 0.128 e. The summed E-state index contributed by atoms with van der Waals surface area (Å²) < 4.78 is 0. The van der Waals surface area contributed by atoms with E-state index in [2.05, 4.69) is 10.3 Å². The molecule has 0 aliphatic carbocycles. The third kappa shape index (κ3) is 1.74. The van der Waals surface area contributed by atoms with Gasteiger partial charge in [0.25, 0.3) is 0 Å². The summed E-state index contributed by atoms with van der Waals surface area (Å²) in [6.07, 6.45) is 0. The summed E-state index contributed by atoms with van der Waals surface area (Å²) in [5.74, 6) is 0.842. The van der Waals surface area contributed by atoms with Gasteiger partial charge in [0.05, 0.1) is 11.2 Å². The second-order valence-electron chi connectivity index (χ2n) is 3.90. The van der Waals surface area contributed by atoms with Crippen molar-refractivity contribution in [3.63, 3.8) is 0 Å². The molecule has 0 amide bonds. The van der Waals surface area contributed by atoms with Gasteiger partial charge in [-0.25, -0.2) is 4.98 Å². The van der Waals surface area contributed by atoms with Crippen LogP contribution in [0.15, 0.2) is 24.3 Å². The highest BCUT2D eigenvalue weighted by Crippen LogP contribution is 2.28. The SMILES string of the molecule is CNc1cc(N(C)C)c2cc([NH])ccc2n1. The molecule has 4 heteroatoms. The van der Waals surface area contributed by atoms with E-state index < -0.39 is 0 Å². The molecular weight excluding hydrogens is 200 g/mol. The number of nitrogens with one attached hydrogen (secondary N) is 2. The number of hydrogen-bond donors (Lipinski definition) is 1. The molecule has 0 bridgehead atoms. The highest BCUT2D eigenvalue weighted by Gasteiger charge is 2.07. The van der Waals surface area contributed by atoms with Crippen molar-refractivity contribution in [2.24, 2.45) is 0 Å². The van der Waals surface area contributed by atoms with E-state index >= 15 is 0 Å². The van der Waals surface area contributed by atoms with E-state index in [-0.39, 0.29) is 0 Å². The molecule has 0 saturated heterocycles. The van der Waals surface area contributed by atoms with Crippen molar-refractivity contribution in [2.75, 3.05) is 31.4 Å². The second kappa shape index (κ2) is 3.89. The molecule has 0 aliphatic heterocycles. The van der Waals surface area contributed by atoms with Crippen LogP contribution in [0.1, 0.15) is 0 Å². The van der Waals surface area contributed by atoms with Gasteiger partial charge in [0, 0.05) is 38.3 Å².